The minimum absolute atomic E-state index is 0. The summed E-state index contributed by atoms with van der Waals surface area (Å²) in [6.45, 7) is -0.500. The smallest absolute Gasteiger partial charge is 0.731 e. The molecule has 3 amide bonds. The second-order valence-corrected chi connectivity index (χ2v) is 8.58. The molecule has 1 unspecified atom stereocenters. The van der Waals surface area contributed by atoms with Gasteiger partial charge in [-0.05, 0) is 5.56 Å². The molecule has 2 atom stereocenters. The van der Waals surface area contributed by atoms with Gasteiger partial charge >= 0.3 is 29.6 Å². The molecule has 1 fully saturated rings. The van der Waals surface area contributed by atoms with Gasteiger partial charge in [-0.3, -0.25) is 14.4 Å². The van der Waals surface area contributed by atoms with Gasteiger partial charge in [-0.2, -0.15) is 0 Å². The van der Waals surface area contributed by atoms with Crippen molar-refractivity contribution >= 4 is 50.2 Å². The van der Waals surface area contributed by atoms with Crippen molar-refractivity contribution in [2.24, 2.45) is 5.16 Å². The van der Waals surface area contributed by atoms with Gasteiger partial charge in [0, 0.05) is 5.38 Å². The molecule has 0 saturated carbocycles. The number of benzene rings is 1. The number of β-lactam (4-membered cyclic amide) rings is 1. The summed E-state index contributed by atoms with van der Waals surface area (Å²) in [6, 6.07) is 5.58. The van der Waals surface area contributed by atoms with Crippen LogP contribution in [0.4, 0.5) is 5.13 Å². The second-order valence-electron chi connectivity index (χ2n) is 6.40. The first kappa shape index (κ1) is 26.7. The van der Waals surface area contributed by atoms with E-state index in [2.05, 4.69) is 20.8 Å². The maximum absolute atomic E-state index is 12.9. The van der Waals surface area contributed by atoms with E-state index in [1.54, 1.807) is 30.3 Å². The van der Waals surface area contributed by atoms with Crippen LogP contribution in [0.5, 0.6) is 0 Å². The SMILES string of the molecule is CON=C(C(=O)N[C@@H](C(=O)NC1CN(S(=O)(=O)[O-])C1=O)c1ccccc1)c1csc(N)n1.[Na+]. The fourth-order valence-corrected chi connectivity index (χ4v) is 4.02. The van der Waals surface area contributed by atoms with Gasteiger partial charge in [0.15, 0.2) is 21.1 Å². The third-order valence-electron chi connectivity index (χ3n) is 4.31. The summed E-state index contributed by atoms with van der Waals surface area (Å²) in [5.74, 6) is -2.68. The fourth-order valence-electron chi connectivity index (χ4n) is 2.80. The number of nitrogens with two attached hydrogens (primary N) is 1. The maximum atomic E-state index is 12.9. The van der Waals surface area contributed by atoms with Crippen LogP contribution in [0.25, 0.3) is 0 Å². The number of hydrogen-bond acceptors (Lipinski definition) is 11. The van der Waals surface area contributed by atoms with E-state index in [4.69, 9.17) is 10.6 Å². The van der Waals surface area contributed by atoms with E-state index >= 15 is 0 Å². The van der Waals surface area contributed by atoms with E-state index < -0.39 is 46.7 Å². The van der Waals surface area contributed by atoms with E-state index in [1.165, 1.54) is 12.5 Å². The van der Waals surface area contributed by atoms with Crippen molar-refractivity contribution in [3.05, 3.63) is 47.0 Å². The minimum Gasteiger partial charge on any atom is -0.731 e. The molecule has 1 aromatic carbocycles. The summed E-state index contributed by atoms with van der Waals surface area (Å²) in [4.78, 5) is 46.3. The van der Waals surface area contributed by atoms with Crippen molar-refractivity contribution in [3.8, 4) is 0 Å². The molecule has 16 heteroatoms. The van der Waals surface area contributed by atoms with E-state index in [0.717, 1.165) is 11.3 Å². The van der Waals surface area contributed by atoms with E-state index in [1.807, 2.05) is 0 Å². The molecule has 1 aliphatic rings. The molecule has 13 nitrogen and oxygen atoms in total. The Morgan fingerprint density at radius 1 is 1.36 bits per heavy atom. The maximum Gasteiger partial charge on any atom is 1.00 e. The van der Waals surface area contributed by atoms with Crippen LogP contribution in [0.1, 0.15) is 17.3 Å². The van der Waals surface area contributed by atoms with Crippen molar-refractivity contribution in [1.29, 1.82) is 0 Å². The fraction of sp³-hybridized carbons (Fsp3) is 0.235. The van der Waals surface area contributed by atoms with Crippen molar-refractivity contribution in [2.45, 2.75) is 12.1 Å². The van der Waals surface area contributed by atoms with Crippen LogP contribution in [0.3, 0.4) is 0 Å². The number of nitrogens with zero attached hydrogens (tertiary/aromatic N) is 3. The molecule has 2 aromatic rings. The summed E-state index contributed by atoms with van der Waals surface area (Å²) in [5.41, 5.74) is 5.86. The van der Waals surface area contributed by atoms with E-state index in [0.29, 0.717) is 5.56 Å². The average molecular weight is 504 g/mol. The molecule has 33 heavy (non-hydrogen) atoms. The number of aromatic nitrogens is 1. The molecular weight excluding hydrogens is 487 g/mol. The van der Waals surface area contributed by atoms with Gasteiger partial charge in [-0.25, -0.2) is 17.7 Å². The summed E-state index contributed by atoms with van der Waals surface area (Å²) in [7, 11) is -3.73. The normalized spacial score (nSPS) is 16.8. The number of rotatable bonds is 8. The van der Waals surface area contributed by atoms with Gasteiger partial charge in [0.1, 0.15) is 24.9 Å². The van der Waals surface area contributed by atoms with Crippen LogP contribution in [-0.2, 0) is 29.5 Å². The summed E-state index contributed by atoms with van der Waals surface area (Å²) in [6.07, 6.45) is 0. The van der Waals surface area contributed by atoms with Crippen molar-refractivity contribution in [1.82, 2.24) is 19.9 Å². The number of oxime groups is 1. The van der Waals surface area contributed by atoms with Gasteiger partial charge in [-0.15, -0.1) is 11.3 Å². The molecule has 1 saturated heterocycles. The van der Waals surface area contributed by atoms with Crippen molar-refractivity contribution in [3.63, 3.8) is 0 Å². The molecule has 1 aliphatic heterocycles. The number of nitrogen functional groups attached to an aromatic ring is 1. The van der Waals surface area contributed by atoms with Crippen LogP contribution in [-0.4, -0.2) is 65.4 Å². The van der Waals surface area contributed by atoms with Crippen LogP contribution in [0.2, 0.25) is 0 Å². The Bertz CT molecular complexity index is 1170. The zero-order valence-electron chi connectivity index (χ0n) is 17.4. The van der Waals surface area contributed by atoms with Gasteiger partial charge in [0.2, 0.25) is 5.91 Å². The number of thiazole rings is 1. The predicted octanol–water partition coefficient (Wildman–Crippen LogP) is -4.28. The third kappa shape index (κ3) is 6.27. The Hall–Kier alpha value is -2.56. The van der Waals surface area contributed by atoms with Gasteiger partial charge in [-0.1, -0.05) is 35.5 Å². The molecule has 0 aliphatic carbocycles. The number of amides is 3. The van der Waals surface area contributed by atoms with Crippen LogP contribution >= 0.6 is 11.3 Å². The number of carbonyl (C=O) groups is 3. The Kier molecular flexibility index (Phi) is 8.93. The average Bonchev–Trinajstić information content (AvgIpc) is 3.17. The molecule has 4 N–H and O–H groups in total. The second kappa shape index (κ2) is 11.0. The zero-order chi connectivity index (χ0) is 23.5. The van der Waals surface area contributed by atoms with E-state index in [-0.39, 0.29) is 50.4 Å². The predicted molar refractivity (Wildman–Crippen MR) is 111 cm³/mol. The summed E-state index contributed by atoms with van der Waals surface area (Å²) in [5, 5.41) is 10.1. The molecule has 3 rings (SSSR count). The van der Waals surface area contributed by atoms with Crippen molar-refractivity contribution < 1.29 is 61.7 Å². The largest absolute Gasteiger partial charge is 1.00 e. The minimum atomic E-state index is -4.95. The molecule has 0 spiro atoms. The monoisotopic (exact) mass is 504 g/mol. The van der Waals surface area contributed by atoms with Gasteiger partial charge < -0.3 is 25.8 Å². The molecule has 0 radical (unpaired) electrons. The Labute approximate surface area is 214 Å². The van der Waals surface area contributed by atoms with Crippen LogP contribution in [0, 0.1) is 0 Å². The van der Waals surface area contributed by atoms with E-state index in [9.17, 15) is 27.4 Å². The molecule has 0 bridgehead atoms. The molecule has 2 heterocycles. The quantitative estimate of drug-likeness (QED) is 0.105. The first-order valence-corrected chi connectivity index (χ1v) is 11.1. The third-order valence-corrected chi connectivity index (χ3v) is 5.85. The molecular formula is C17H17N6NaO7S2. The molecule has 1 aromatic heterocycles. The number of anilines is 1. The van der Waals surface area contributed by atoms with Crippen LogP contribution < -0.4 is 45.9 Å². The summed E-state index contributed by atoms with van der Waals surface area (Å²) >= 11 is 1.07. The van der Waals surface area contributed by atoms with Gasteiger partial charge in [0.25, 0.3) is 11.8 Å². The Morgan fingerprint density at radius 3 is 2.55 bits per heavy atom. The molecule has 170 valence electrons. The summed E-state index contributed by atoms with van der Waals surface area (Å²) < 4.78 is 33.0. The first-order valence-electron chi connectivity index (χ1n) is 8.88. The zero-order valence-corrected chi connectivity index (χ0v) is 21.1. The van der Waals surface area contributed by atoms with Crippen LogP contribution in [0.15, 0.2) is 40.9 Å². The Balaban J connectivity index is 0.00000385. The number of carbonyl (C=O) groups excluding carboxylic acids is 3. The Morgan fingerprint density at radius 2 is 2.03 bits per heavy atom. The number of nitrogens with one attached hydrogen (secondary N) is 2. The van der Waals surface area contributed by atoms with Gasteiger partial charge in [0.05, 0.1) is 6.54 Å². The number of hydrogen-bond donors (Lipinski definition) is 3. The van der Waals surface area contributed by atoms with Crippen molar-refractivity contribution in [2.75, 3.05) is 19.4 Å². The first-order chi connectivity index (χ1) is 15.1. The standard InChI is InChI=1S/C17H18N6O7S2.Na/c1-30-22-13(11-8-31-17(18)20-11)15(25)21-12(9-5-3-2-4-6-9)14(24)19-10-7-23(16(10)26)32(27,28)29;/h2-6,8,10,12H,7H2,1H3,(H2,18,20)(H,19,24)(H,21,25)(H,27,28,29);/q;+1/p-1/t10?,12-;/m1./s1. The topological polar surface area (TPSA) is 196 Å².